The molecular formula is C25H19BrFN7O3. The fourth-order valence-corrected chi connectivity index (χ4v) is 4.61. The number of fused-ring (bicyclic) bond motifs is 1. The highest BCUT2D eigenvalue weighted by Gasteiger charge is 2.26. The van der Waals surface area contributed by atoms with Crippen LogP contribution in [0.4, 0.5) is 15.9 Å². The molecule has 3 heterocycles. The van der Waals surface area contributed by atoms with Crippen molar-refractivity contribution >= 4 is 44.4 Å². The lowest BCUT2D eigenvalue weighted by Crippen LogP contribution is -2.08. The van der Waals surface area contributed by atoms with Crippen LogP contribution in [0.5, 0.6) is 11.8 Å². The Hall–Kier alpha value is -4.58. The quantitative estimate of drug-likeness (QED) is 0.227. The number of aromatic nitrogens is 5. The molecule has 2 aromatic carbocycles. The molecule has 186 valence electrons. The summed E-state index contributed by atoms with van der Waals surface area (Å²) < 4.78 is 28.0. The van der Waals surface area contributed by atoms with Crippen LogP contribution in [0.15, 0.2) is 59.5 Å². The number of nitrogen functional groups attached to an aromatic ring is 2. The summed E-state index contributed by atoms with van der Waals surface area (Å²) in [5.74, 6) is -1.19. The van der Waals surface area contributed by atoms with Crippen LogP contribution in [-0.4, -0.2) is 37.6 Å². The largest absolute Gasteiger partial charge is 0.465 e. The molecule has 3 aromatic heterocycles. The van der Waals surface area contributed by atoms with E-state index in [0.29, 0.717) is 43.8 Å². The van der Waals surface area contributed by atoms with E-state index in [1.807, 2.05) is 0 Å². The first kappa shape index (κ1) is 24.1. The van der Waals surface area contributed by atoms with Crippen LogP contribution >= 0.6 is 15.9 Å². The van der Waals surface area contributed by atoms with Gasteiger partial charge in [0, 0.05) is 34.9 Å². The standard InChI is InChI=1S/C25H19BrFN7O3/c1-12-7-8-30-25(33-12)37-18-6-4-14(10-17(18)27)34-21(19(26)20-22(34)23(29)32-11-31-20)15-5-3-13(28)9-16(15)24(35)36-2/h3-11H,28H2,1-2H3,(H2,29,31,32). The molecule has 0 fully saturated rings. The summed E-state index contributed by atoms with van der Waals surface area (Å²) >= 11 is 3.59. The number of nitrogens with two attached hydrogens (primary N) is 2. The minimum Gasteiger partial charge on any atom is -0.465 e. The highest BCUT2D eigenvalue weighted by molar-refractivity contribution is 9.10. The van der Waals surface area contributed by atoms with Gasteiger partial charge in [-0.2, -0.15) is 0 Å². The van der Waals surface area contributed by atoms with Crippen LogP contribution in [0.3, 0.4) is 0 Å². The van der Waals surface area contributed by atoms with Gasteiger partial charge in [0.25, 0.3) is 0 Å². The first-order valence-corrected chi connectivity index (χ1v) is 11.6. The van der Waals surface area contributed by atoms with Crippen molar-refractivity contribution in [2.45, 2.75) is 6.92 Å². The second-order valence-corrected chi connectivity index (χ2v) is 8.74. The van der Waals surface area contributed by atoms with Crippen molar-refractivity contribution in [2.24, 2.45) is 0 Å². The Morgan fingerprint density at radius 2 is 1.89 bits per heavy atom. The van der Waals surface area contributed by atoms with Crippen molar-refractivity contribution in [1.29, 1.82) is 0 Å². The maximum absolute atomic E-state index is 15.3. The molecule has 4 N–H and O–H groups in total. The molecule has 0 spiro atoms. The first-order valence-electron chi connectivity index (χ1n) is 10.8. The van der Waals surface area contributed by atoms with Gasteiger partial charge in [-0.15, -0.1) is 0 Å². The van der Waals surface area contributed by atoms with Crippen LogP contribution in [-0.2, 0) is 4.74 Å². The zero-order valence-electron chi connectivity index (χ0n) is 19.6. The monoisotopic (exact) mass is 563 g/mol. The molecule has 5 rings (SSSR count). The third-order valence-electron chi connectivity index (χ3n) is 5.57. The SMILES string of the molecule is COC(=O)c1cc(N)ccc1-c1c(Br)c2ncnc(N)c2n1-c1ccc(Oc2nccc(C)n2)c(F)c1. The number of ether oxygens (including phenoxy) is 2. The van der Waals surface area contributed by atoms with Gasteiger partial charge in [-0.3, -0.25) is 0 Å². The summed E-state index contributed by atoms with van der Waals surface area (Å²) in [4.78, 5) is 29.3. The van der Waals surface area contributed by atoms with E-state index in [2.05, 4.69) is 35.9 Å². The van der Waals surface area contributed by atoms with E-state index in [0.717, 1.165) is 0 Å². The van der Waals surface area contributed by atoms with Crippen LogP contribution < -0.4 is 16.2 Å². The molecule has 0 bridgehead atoms. The van der Waals surface area contributed by atoms with Crippen molar-refractivity contribution in [3.05, 3.63) is 76.5 Å². The van der Waals surface area contributed by atoms with E-state index >= 15 is 4.39 Å². The Bertz CT molecular complexity index is 1690. The van der Waals surface area contributed by atoms with Gasteiger partial charge in [0.05, 0.1) is 22.8 Å². The Kier molecular flexibility index (Phi) is 6.17. The van der Waals surface area contributed by atoms with Crippen molar-refractivity contribution in [2.75, 3.05) is 18.6 Å². The molecule has 0 aliphatic rings. The van der Waals surface area contributed by atoms with Gasteiger partial charge in [-0.25, -0.2) is 29.1 Å². The molecule has 0 saturated heterocycles. The maximum atomic E-state index is 15.3. The van der Waals surface area contributed by atoms with Crippen LogP contribution in [0.2, 0.25) is 0 Å². The molecule has 0 unspecified atom stereocenters. The number of rotatable bonds is 5. The van der Waals surface area contributed by atoms with Crippen molar-refractivity contribution in [1.82, 2.24) is 24.5 Å². The highest BCUT2D eigenvalue weighted by atomic mass is 79.9. The fourth-order valence-electron chi connectivity index (χ4n) is 3.92. The van der Waals surface area contributed by atoms with E-state index in [1.54, 1.807) is 35.8 Å². The van der Waals surface area contributed by atoms with Gasteiger partial charge in [-0.1, -0.05) is 0 Å². The van der Waals surface area contributed by atoms with Crippen LogP contribution in [0.1, 0.15) is 16.1 Å². The third kappa shape index (κ3) is 4.31. The van der Waals surface area contributed by atoms with Gasteiger partial charge in [-0.05, 0) is 59.3 Å². The topological polar surface area (TPSA) is 144 Å². The number of halogens is 2. The van der Waals surface area contributed by atoms with Gasteiger partial charge < -0.3 is 25.5 Å². The molecule has 0 radical (unpaired) electrons. The zero-order chi connectivity index (χ0) is 26.3. The maximum Gasteiger partial charge on any atom is 0.338 e. The van der Waals surface area contributed by atoms with E-state index in [4.69, 9.17) is 20.9 Å². The summed E-state index contributed by atoms with van der Waals surface area (Å²) in [6.45, 7) is 1.77. The van der Waals surface area contributed by atoms with E-state index in [1.165, 1.54) is 37.8 Å². The van der Waals surface area contributed by atoms with Crippen molar-refractivity contribution < 1.29 is 18.7 Å². The average molecular weight is 564 g/mol. The Labute approximate surface area is 218 Å². The molecule has 0 amide bonds. The molecule has 0 aliphatic carbocycles. The summed E-state index contributed by atoms with van der Waals surface area (Å²) in [5, 5.41) is 0. The van der Waals surface area contributed by atoms with Crippen molar-refractivity contribution in [3.63, 3.8) is 0 Å². The molecule has 12 heteroatoms. The van der Waals surface area contributed by atoms with Gasteiger partial charge in [0.15, 0.2) is 17.4 Å². The molecule has 0 saturated carbocycles. The van der Waals surface area contributed by atoms with E-state index in [-0.39, 0.29) is 23.1 Å². The number of esters is 1. The second-order valence-electron chi connectivity index (χ2n) is 7.95. The van der Waals surface area contributed by atoms with Crippen molar-refractivity contribution in [3.8, 4) is 28.7 Å². The van der Waals surface area contributed by atoms with Gasteiger partial charge >= 0.3 is 12.0 Å². The lowest BCUT2D eigenvalue weighted by molar-refractivity contribution is 0.0601. The van der Waals surface area contributed by atoms with Crippen LogP contribution in [0.25, 0.3) is 28.0 Å². The summed E-state index contributed by atoms with van der Waals surface area (Å²) in [5.41, 5.74) is 15.6. The lowest BCUT2D eigenvalue weighted by Gasteiger charge is -2.16. The normalized spacial score (nSPS) is 11.0. The minimum absolute atomic E-state index is 0.0173. The zero-order valence-corrected chi connectivity index (χ0v) is 21.2. The Morgan fingerprint density at radius 1 is 1.08 bits per heavy atom. The molecule has 10 nitrogen and oxygen atoms in total. The fraction of sp³-hybridized carbons (Fsp3) is 0.0800. The number of methoxy groups -OCH3 is 1. The summed E-state index contributed by atoms with van der Waals surface area (Å²) in [6, 6.07) is 10.9. The Morgan fingerprint density at radius 3 is 2.62 bits per heavy atom. The summed E-state index contributed by atoms with van der Waals surface area (Å²) in [7, 11) is 1.27. The smallest absolute Gasteiger partial charge is 0.338 e. The molecule has 37 heavy (non-hydrogen) atoms. The number of carbonyl (C=O) groups excluding carboxylic acids is 1. The van der Waals surface area contributed by atoms with Gasteiger partial charge in [0.2, 0.25) is 0 Å². The summed E-state index contributed by atoms with van der Waals surface area (Å²) in [6.07, 6.45) is 2.84. The van der Waals surface area contributed by atoms with E-state index in [9.17, 15) is 4.79 Å². The number of carbonyl (C=O) groups is 1. The number of anilines is 2. The molecule has 5 aromatic rings. The molecule has 0 atom stereocenters. The number of hydrogen-bond donors (Lipinski definition) is 2. The number of hydrogen-bond acceptors (Lipinski definition) is 9. The third-order valence-corrected chi connectivity index (χ3v) is 6.32. The number of benzene rings is 2. The second kappa shape index (κ2) is 9.47. The van der Waals surface area contributed by atoms with E-state index < -0.39 is 11.8 Å². The first-order chi connectivity index (χ1) is 17.8. The average Bonchev–Trinajstić information content (AvgIpc) is 3.18. The predicted molar refractivity (Wildman–Crippen MR) is 139 cm³/mol. The molecule has 0 aliphatic heterocycles. The Balaban J connectivity index is 1.74. The van der Waals surface area contributed by atoms with Crippen LogP contribution in [0, 0.1) is 12.7 Å². The van der Waals surface area contributed by atoms with Gasteiger partial charge in [0.1, 0.15) is 17.4 Å². The number of aryl methyl sites for hydroxylation is 1. The minimum atomic E-state index is -0.674. The predicted octanol–water partition coefficient (Wildman–Crippen LogP) is 4.83. The number of nitrogens with zero attached hydrogens (tertiary/aromatic N) is 5. The molecular weight excluding hydrogens is 545 g/mol. The lowest BCUT2D eigenvalue weighted by atomic mass is 10.0. The highest BCUT2D eigenvalue weighted by Crippen LogP contribution is 2.42.